The molecule has 22 heavy (non-hydrogen) atoms. The molecular weight excluding hydrogens is 294 g/mol. The first-order valence-electron chi connectivity index (χ1n) is 7.45. The van der Waals surface area contributed by atoms with E-state index >= 15 is 0 Å². The lowest BCUT2D eigenvalue weighted by Gasteiger charge is -2.35. The number of aromatic nitrogens is 1. The molecule has 4 nitrogen and oxygen atoms in total. The third-order valence-corrected chi connectivity index (χ3v) is 4.91. The van der Waals surface area contributed by atoms with Crippen LogP contribution in [0.2, 0.25) is 0 Å². The number of carbonyl (C=O) groups is 1. The summed E-state index contributed by atoms with van der Waals surface area (Å²) in [7, 11) is 0. The second-order valence-corrected chi connectivity index (χ2v) is 6.32. The lowest BCUT2D eigenvalue weighted by molar-refractivity contribution is 0.0747. The smallest absolute Gasteiger partial charge is 0.254 e. The van der Waals surface area contributed by atoms with Crippen LogP contribution in [0.25, 0.3) is 10.9 Å². The number of aromatic amines is 1. The fraction of sp³-hybridized carbons (Fsp3) is 0.235. The number of thiophene rings is 1. The molecule has 0 aliphatic carbocycles. The Balaban J connectivity index is 1.47. The number of anilines is 1. The van der Waals surface area contributed by atoms with Gasteiger partial charge in [0.15, 0.2) is 0 Å². The molecule has 0 spiro atoms. The number of amides is 1. The number of hydrogen-bond acceptors (Lipinski definition) is 3. The molecule has 0 unspecified atom stereocenters. The Labute approximate surface area is 133 Å². The average molecular weight is 311 g/mol. The Bertz CT molecular complexity index is 785. The first-order valence-corrected chi connectivity index (χ1v) is 8.39. The summed E-state index contributed by atoms with van der Waals surface area (Å²) in [5.41, 5.74) is 3.05. The van der Waals surface area contributed by atoms with E-state index in [1.807, 2.05) is 35.4 Å². The summed E-state index contributed by atoms with van der Waals surface area (Å²) in [4.78, 5) is 20.1. The molecular formula is C17H17N3OS. The summed E-state index contributed by atoms with van der Waals surface area (Å²) in [5.74, 6) is 0.126. The van der Waals surface area contributed by atoms with Gasteiger partial charge in [-0.05, 0) is 35.0 Å². The van der Waals surface area contributed by atoms with Crippen molar-refractivity contribution in [3.8, 4) is 0 Å². The van der Waals surface area contributed by atoms with Crippen molar-refractivity contribution in [2.45, 2.75) is 0 Å². The molecule has 0 bridgehead atoms. The van der Waals surface area contributed by atoms with Gasteiger partial charge in [-0.2, -0.15) is 11.3 Å². The monoisotopic (exact) mass is 311 g/mol. The number of fused-ring (bicyclic) bond motifs is 1. The predicted molar refractivity (Wildman–Crippen MR) is 90.7 cm³/mol. The maximum atomic E-state index is 12.7. The number of hydrogen-bond donors (Lipinski definition) is 1. The molecule has 5 heteroatoms. The van der Waals surface area contributed by atoms with E-state index in [0.29, 0.717) is 0 Å². The van der Waals surface area contributed by atoms with Gasteiger partial charge in [-0.1, -0.05) is 6.07 Å². The Morgan fingerprint density at radius 3 is 2.73 bits per heavy atom. The fourth-order valence-corrected chi connectivity index (χ4v) is 3.63. The minimum atomic E-state index is 0.126. The van der Waals surface area contributed by atoms with Gasteiger partial charge in [0.05, 0.1) is 0 Å². The molecule has 0 atom stereocenters. The van der Waals surface area contributed by atoms with Crippen molar-refractivity contribution in [1.82, 2.24) is 9.88 Å². The number of benzene rings is 1. The van der Waals surface area contributed by atoms with Gasteiger partial charge in [0.2, 0.25) is 0 Å². The van der Waals surface area contributed by atoms with Crippen LogP contribution < -0.4 is 4.90 Å². The minimum absolute atomic E-state index is 0.126. The summed E-state index contributed by atoms with van der Waals surface area (Å²) in [5, 5.41) is 5.40. The molecule has 1 aromatic carbocycles. The molecule has 1 fully saturated rings. The maximum Gasteiger partial charge on any atom is 0.254 e. The lowest BCUT2D eigenvalue weighted by Crippen LogP contribution is -2.48. The zero-order valence-electron chi connectivity index (χ0n) is 12.2. The van der Waals surface area contributed by atoms with E-state index in [4.69, 9.17) is 0 Å². The molecule has 3 heterocycles. The Morgan fingerprint density at radius 2 is 1.95 bits per heavy atom. The van der Waals surface area contributed by atoms with Crippen LogP contribution >= 0.6 is 11.3 Å². The van der Waals surface area contributed by atoms with Crippen LogP contribution in [0.4, 0.5) is 5.69 Å². The number of piperazine rings is 1. The molecule has 1 saturated heterocycles. The normalized spacial score (nSPS) is 15.5. The van der Waals surface area contributed by atoms with Crippen LogP contribution in [0, 0.1) is 0 Å². The van der Waals surface area contributed by atoms with Crippen molar-refractivity contribution in [3.63, 3.8) is 0 Å². The van der Waals surface area contributed by atoms with Crippen LogP contribution in [-0.2, 0) is 0 Å². The van der Waals surface area contributed by atoms with E-state index in [1.165, 1.54) is 5.69 Å². The van der Waals surface area contributed by atoms with E-state index in [1.54, 1.807) is 11.3 Å². The molecule has 4 rings (SSSR count). The fourth-order valence-electron chi connectivity index (χ4n) is 2.97. The zero-order chi connectivity index (χ0) is 14.9. The molecule has 112 valence electrons. The highest BCUT2D eigenvalue weighted by atomic mass is 32.1. The van der Waals surface area contributed by atoms with E-state index in [2.05, 4.69) is 26.7 Å². The highest BCUT2D eigenvalue weighted by Crippen LogP contribution is 2.21. The Kier molecular flexibility index (Phi) is 3.35. The Hall–Kier alpha value is -2.27. The van der Waals surface area contributed by atoms with Crippen LogP contribution in [0.15, 0.2) is 47.3 Å². The first-order chi connectivity index (χ1) is 10.8. The van der Waals surface area contributed by atoms with Gasteiger partial charge in [0.1, 0.15) is 0 Å². The van der Waals surface area contributed by atoms with E-state index in [9.17, 15) is 4.79 Å². The van der Waals surface area contributed by atoms with Crippen LogP contribution in [-0.4, -0.2) is 42.0 Å². The standard InChI is InChI=1S/C17H17N3OS/c21-17(14-2-1-13-3-5-18-16(13)11-14)20-8-6-19(7-9-20)15-4-10-22-12-15/h1-5,10-12,18H,6-9H2. The number of nitrogens with one attached hydrogen (secondary N) is 1. The van der Waals surface area contributed by atoms with E-state index < -0.39 is 0 Å². The van der Waals surface area contributed by atoms with Gasteiger partial charge >= 0.3 is 0 Å². The SMILES string of the molecule is O=C(c1ccc2cc[nH]c2c1)N1CCN(c2ccsc2)CC1. The number of nitrogens with zero attached hydrogens (tertiary/aromatic N) is 2. The Morgan fingerprint density at radius 1 is 1.09 bits per heavy atom. The number of H-pyrrole nitrogens is 1. The van der Waals surface area contributed by atoms with Crippen molar-refractivity contribution in [2.24, 2.45) is 0 Å². The molecule has 1 amide bonds. The third-order valence-electron chi connectivity index (χ3n) is 4.24. The third kappa shape index (κ3) is 2.37. The van der Waals surface area contributed by atoms with E-state index in [-0.39, 0.29) is 5.91 Å². The zero-order valence-corrected chi connectivity index (χ0v) is 13.0. The van der Waals surface area contributed by atoms with Crippen LogP contribution in [0.3, 0.4) is 0 Å². The lowest BCUT2D eigenvalue weighted by atomic mass is 10.1. The van der Waals surface area contributed by atoms with Crippen LogP contribution in [0.5, 0.6) is 0 Å². The number of rotatable bonds is 2. The minimum Gasteiger partial charge on any atom is -0.367 e. The van der Waals surface area contributed by atoms with Crippen molar-refractivity contribution >= 4 is 33.8 Å². The van der Waals surface area contributed by atoms with Crippen molar-refractivity contribution < 1.29 is 4.79 Å². The summed E-state index contributed by atoms with van der Waals surface area (Å²) in [6, 6.07) is 10.0. The molecule has 1 N–H and O–H groups in total. The second-order valence-electron chi connectivity index (χ2n) is 5.54. The summed E-state index contributed by atoms with van der Waals surface area (Å²) >= 11 is 1.71. The summed E-state index contributed by atoms with van der Waals surface area (Å²) in [6.07, 6.45) is 1.90. The highest BCUT2D eigenvalue weighted by molar-refractivity contribution is 7.08. The molecule has 2 aromatic heterocycles. The molecule has 1 aliphatic rings. The van der Waals surface area contributed by atoms with Gasteiger partial charge in [-0.3, -0.25) is 4.79 Å². The van der Waals surface area contributed by atoms with Gasteiger partial charge in [0, 0.05) is 54.5 Å². The average Bonchev–Trinajstić information content (AvgIpc) is 3.25. The van der Waals surface area contributed by atoms with E-state index in [0.717, 1.165) is 42.6 Å². The van der Waals surface area contributed by atoms with Gasteiger partial charge in [0.25, 0.3) is 5.91 Å². The second kappa shape index (κ2) is 5.50. The van der Waals surface area contributed by atoms with Gasteiger partial charge < -0.3 is 14.8 Å². The van der Waals surface area contributed by atoms with Gasteiger partial charge in [-0.15, -0.1) is 0 Å². The van der Waals surface area contributed by atoms with Crippen molar-refractivity contribution in [3.05, 3.63) is 52.9 Å². The quantitative estimate of drug-likeness (QED) is 0.789. The summed E-state index contributed by atoms with van der Waals surface area (Å²) in [6.45, 7) is 3.34. The number of carbonyl (C=O) groups excluding carboxylic acids is 1. The van der Waals surface area contributed by atoms with Crippen molar-refractivity contribution in [1.29, 1.82) is 0 Å². The van der Waals surface area contributed by atoms with Crippen LogP contribution in [0.1, 0.15) is 10.4 Å². The maximum absolute atomic E-state index is 12.7. The highest BCUT2D eigenvalue weighted by Gasteiger charge is 2.22. The molecule has 1 aliphatic heterocycles. The first kappa shape index (κ1) is 13.4. The van der Waals surface area contributed by atoms with Gasteiger partial charge in [-0.25, -0.2) is 0 Å². The summed E-state index contributed by atoms with van der Waals surface area (Å²) < 4.78 is 0. The van der Waals surface area contributed by atoms with Crippen molar-refractivity contribution in [2.75, 3.05) is 31.1 Å². The molecule has 0 radical (unpaired) electrons. The molecule has 3 aromatic rings. The topological polar surface area (TPSA) is 39.3 Å². The molecule has 0 saturated carbocycles. The largest absolute Gasteiger partial charge is 0.367 e. The predicted octanol–water partition coefficient (Wildman–Crippen LogP) is 3.19.